The molecule has 1 aliphatic heterocycles. The van der Waals surface area contributed by atoms with Crippen LogP contribution in [0.4, 0.5) is 5.69 Å². The first-order chi connectivity index (χ1) is 27.9. The molecular formula is C43H36N8O5S2. The van der Waals surface area contributed by atoms with E-state index < -0.39 is 16.1 Å². The maximum Gasteiger partial charge on any atom is 0.308 e. The molecule has 0 radical (unpaired) electrons. The van der Waals surface area contributed by atoms with Gasteiger partial charge in [-0.3, -0.25) is 23.9 Å². The van der Waals surface area contributed by atoms with Crippen LogP contribution in [-0.2, 0) is 26.1 Å². The Balaban J connectivity index is 0.946. The molecule has 3 N–H and O–H groups in total. The van der Waals surface area contributed by atoms with E-state index in [1.165, 1.54) is 25.4 Å². The molecule has 3 aromatic heterocycles. The van der Waals surface area contributed by atoms with E-state index >= 15 is 0 Å². The lowest BCUT2D eigenvalue weighted by Gasteiger charge is -2.12. The van der Waals surface area contributed by atoms with Crippen molar-refractivity contribution in [3.8, 4) is 22.2 Å². The van der Waals surface area contributed by atoms with Crippen molar-refractivity contribution in [3.63, 3.8) is 0 Å². The van der Waals surface area contributed by atoms with Gasteiger partial charge in [-0.15, -0.1) is 21.5 Å². The molecule has 7 aromatic rings. The van der Waals surface area contributed by atoms with Crippen molar-refractivity contribution in [2.45, 2.75) is 44.7 Å². The number of amides is 1. The molecule has 0 bridgehead atoms. The zero-order valence-corrected chi connectivity index (χ0v) is 33.5. The number of hydrogen-bond donors (Lipinski definition) is 3. The Morgan fingerprint density at radius 1 is 0.931 bits per heavy atom. The number of para-hydroxylation sites is 1. The minimum Gasteiger partial charge on any atom is -0.469 e. The van der Waals surface area contributed by atoms with Gasteiger partial charge in [0.1, 0.15) is 22.9 Å². The van der Waals surface area contributed by atoms with Gasteiger partial charge in [-0.2, -0.15) is 5.26 Å². The lowest BCUT2D eigenvalue weighted by molar-refractivity contribution is -0.141. The Hall–Kier alpha value is -6.89. The standard InChI is InChI=1S/C43H36N8O5S2/c1-24-25(2)57-43-38(24)39(47-36(20-37(52)56-4)41-49-48-26(3)51(41)43)30-14-10-28(11-15-30)29-12-16-31(17-13-29)42(53)46-22-27-8-18-33(19-9-27)58(54,55)50-35-7-5-6-34-32(21-44)23-45-40(34)35/h5-19,23,36,45,50H,20,22H2,1-4H3,(H,46,53)/t36-/m0/s1. The van der Waals surface area contributed by atoms with Crippen molar-refractivity contribution in [1.82, 2.24) is 25.1 Å². The van der Waals surface area contributed by atoms with E-state index in [0.29, 0.717) is 39.4 Å². The van der Waals surface area contributed by atoms with Gasteiger partial charge in [0, 0.05) is 39.7 Å². The molecule has 0 fully saturated rings. The Morgan fingerprint density at radius 2 is 1.62 bits per heavy atom. The first-order valence-electron chi connectivity index (χ1n) is 18.2. The summed E-state index contributed by atoms with van der Waals surface area (Å²) in [7, 11) is -2.56. The second-order valence-corrected chi connectivity index (χ2v) is 16.7. The number of hydrogen-bond acceptors (Lipinski definition) is 10. The van der Waals surface area contributed by atoms with Crippen LogP contribution < -0.4 is 10.0 Å². The van der Waals surface area contributed by atoms with Gasteiger partial charge in [0.2, 0.25) is 0 Å². The normalized spacial score (nSPS) is 13.5. The number of methoxy groups -OCH3 is 1. The second kappa shape index (κ2) is 15.2. The van der Waals surface area contributed by atoms with Crippen LogP contribution in [0, 0.1) is 32.1 Å². The number of carbonyl (C=O) groups excluding carboxylic acids is 2. The van der Waals surface area contributed by atoms with Crippen LogP contribution in [0.3, 0.4) is 0 Å². The molecule has 4 heterocycles. The third-order valence-electron chi connectivity index (χ3n) is 10.2. The van der Waals surface area contributed by atoms with E-state index in [9.17, 15) is 23.3 Å². The Kier molecular flexibility index (Phi) is 9.97. The lowest BCUT2D eigenvalue weighted by atomic mass is 9.96. The van der Waals surface area contributed by atoms with Crippen LogP contribution in [0.2, 0.25) is 0 Å². The summed E-state index contributed by atoms with van der Waals surface area (Å²) in [5.41, 5.74) is 8.08. The molecule has 1 atom stereocenters. The fraction of sp³-hybridized carbons (Fsp3) is 0.163. The number of nitriles is 1. The zero-order chi connectivity index (χ0) is 40.7. The highest BCUT2D eigenvalue weighted by molar-refractivity contribution is 7.92. The molecule has 0 saturated heterocycles. The molecule has 8 rings (SSSR count). The fourth-order valence-electron chi connectivity index (χ4n) is 7.01. The van der Waals surface area contributed by atoms with Crippen molar-refractivity contribution in [3.05, 3.63) is 147 Å². The van der Waals surface area contributed by atoms with Crippen LogP contribution in [-0.4, -0.2) is 52.9 Å². The number of thiophene rings is 1. The van der Waals surface area contributed by atoms with E-state index in [1.54, 1.807) is 53.8 Å². The number of aryl methyl sites for hydroxylation is 2. The molecule has 0 saturated carbocycles. The summed E-state index contributed by atoms with van der Waals surface area (Å²) in [6.45, 7) is 6.25. The molecule has 0 aliphatic carbocycles. The van der Waals surface area contributed by atoms with Gasteiger partial charge < -0.3 is 15.0 Å². The smallest absolute Gasteiger partial charge is 0.308 e. The molecule has 58 heavy (non-hydrogen) atoms. The highest BCUT2D eigenvalue weighted by Gasteiger charge is 2.32. The monoisotopic (exact) mass is 808 g/mol. The second-order valence-electron chi connectivity index (χ2n) is 13.8. The molecule has 4 aromatic carbocycles. The van der Waals surface area contributed by atoms with Crippen LogP contribution in [0.25, 0.3) is 27.0 Å². The molecule has 290 valence electrons. The first-order valence-corrected chi connectivity index (χ1v) is 20.5. The van der Waals surface area contributed by atoms with Crippen LogP contribution in [0.15, 0.2) is 107 Å². The summed E-state index contributed by atoms with van der Waals surface area (Å²) in [4.78, 5) is 34.9. The van der Waals surface area contributed by atoms with Gasteiger partial charge in [0.15, 0.2) is 5.82 Å². The van der Waals surface area contributed by atoms with Crippen LogP contribution in [0.1, 0.15) is 67.2 Å². The number of aliphatic imine (C=N–C) groups is 1. The van der Waals surface area contributed by atoms with Crippen molar-refractivity contribution in [2.24, 2.45) is 4.99 Å². The number of H-pyrrole nitrogens is 1. The average molecular weight is 809 g/mol. The predicted octanol–water partition coefficient (Wildman–Crippen LogP) is 7.46. The summed E-state index contributed by atoms with van der Waals surface area (Å²) in [6, 6.07) is 28.2. The minimum absolute atomic E-state index is 0.0251. The quantitative estimate of drug-likeness (QED) is 0.119. The lowest BCUT2D eigenvalue weighted by Crippen LogP contribution is -2.22. The zero-order valence-electron chi connectivity index (χ0n) is 31.8. The number of sulfonamides is 1. The molecule has 0 spiro atoms. The van der Waals surface area contributed by atoms with E-state index in [4.69, 9.17) is 9.73 Å². The summed E-state index contributed by atoms with van der Waals surface area (Å²) in [5.74, 6) is 0.652. The Morgan fingerprint density at radius 3 is 2.31 bits per heavy atom. The minimum atomic E-state index is -3.93. The van der Waals surface area contributed by atoms with Crippen molar-refractivity contribution >= 4 is 55.5 Å². The van der Waals surface area contributed by atoms with E-state index in [0.717, 1.165) is 49.0 Å². The molecule has 1 amide bonds. The van der Waals surface area contributed by atoms with Gasteiger partial charge >= 0.3 is 5.97 Å². The number of esters is 1. The SMILES string of the molecule is COC(=O)C[C@@H]1N=C(c2ccc(-c3ccc(C(=O)NCc4ccc(S(=O)(=O)Nc5cccc6c(C#N)c[nH]c56)cc4)cc3)cc2)c2c(sc(C)c2C)-n2c(C)nnc21. The number of benzene rings is 4. The number of aromatic nitrogens is 4. The molecule has 15 heteroatoms. The predicted molar refractivity (Wildman–Crippen MR) is 222 cm³/mol. The highest BCUT2D eigenvalue weighted by atomic mass is 32.2. The summed E-state index contributed by atoms with van der Waals surface area (Å²) >= 11 is 1.65. The maximum absolute atomic E-state index is 13.2. The van der Waals surface area contributed by atoms with Gasteiger partial charge in [0.05, 0.1) is 40.9 Å². The molecule has 1 aliphatic rings. The number of nitrogens with one attached hydrogen (secondary N) is 3. The van der Waals surface area contributed by atoms with Crippen LogP contribution >= 0.6 is 11.3 Å². The Labute approximate surface area is 338 Å². The third-order valence-corrected chi connectivity index (χ3v) is 12.8. The number of ether oxygens (including phenoxy) is 1. The summed E-state index contributed by atoms with van der Waals surface area (Å²) in [6.07, 6.45) is 1.56. The summed E-state index contributed by atoms with van der Waals surface area (Å²) < 4.78 is 36.0. The number of rotatable bonds is 10. The topological polar surface area (TPSA) is 184 Å². The van der Waals surface area contributed by atoms with Gasteiger partial charge in [-0.1, -0.05) is 60.7 Å². The number of aromatic amines is 1. The first kappa shape index (κ1) is 38.0. The highest BCUT2D eigenvalue weighted by Crippen LogP contribution is 2.40. The number of anilines is 1. The molecule has 0 unspecified atom stereocenters. The third kappa shape index (κ3) is 7.04. The van der Waals surface area contributed by atoms with E-state index in [2.05, 4.69) is 45.1 Å². The van der Waals surface area contributed by atoms with E-state index in [-0.39, 0.29) is 29.7 Å². The number of carbonyl (C=O) groups is 2. The summed E-state index contributed by atoms with van der Waals surface area (Å²) in [5, 5.41) is 22.6. The number of fused-ring (bicyclic) bond motifs is 4. The fourth-order valence-corrected chi connectivity index (χ4v) is 9.29. The molecular weight excluding hydrogens is 773 g/mol. The van der Waals surface area contributed by atoms with Crippen molar-refractivity contribution in [1.29, 1.82) is 5.26 Å². The van der Waals surface area contributed by atoms with Gasteiger partial charge in [0.25, 0.3) is 15.9 Å². The average Bonchev–Trinajstić information content (AvgIpc) is 3.90. The van der Waals surface area contributed by atoms with E-state index in [1.807, 2.05) is 47.9 Å². The van der Waals surface area contributed by atoms with Crippen molar-refractivity contribution < 1.29 is 22.7 Å². The Bertz CT molecular complexity index is 2920. The number of nitrogens with zero attached hydrogens (tertiary/aromatic N) is 5. The van der Waals surface area contributed by atoms with Crippen LogP contribution in [0.5, 0.6) is 0 Å². The largest absolute Gasteiger partial charge is 0.469 e. The van der Waals surface area contributed by atoms with Gasteiger partial charge in [-0.25, -0.2) is 8.42 Å². The van der Waals surface area contributed by atoms with Crippen molar-refractivity contribution in [2.75, 3.05) is 11.8 Å². The molecule has 13 nitrogen and oxygen atoms in total. The van der Waals surface area contributed by atoms with Gasteiger partial charge in [-0.05, 0) is 73.4 Å². The maximum atomic E-state index is 13.2.